The predicted octanol–water partition coefficient (Wildman–Crippen LogP) is 3.25. The average Bonchev–Trinajstić information content (AvgIpc) is 2.50. The molecular formula is C18H23F2NO3. The number of carboxylic acids is 1. The van der Waals surface area contributed by atoms with Gasteiger partial charge >= 0.3 is 5.97 Å². The van der Waals surface area contributed by atoms with E-state index in [0.717, 1.165) is 0 Å². The van der Waals surface area contributed by atoms with Crippen molar-refractivity contribution in [2.45, 2.75) is 39.0 Å². The molecule has 1 aromatic rings. The molecule has 0 radical (unpaired) electrons. The molecule has 0 spiro atoms. The summed E-state index contributed by atoms with van der Waals surface area (Å²) in [7, 11) is 0. The zero-order chi connectivity index (χ0) is 17.7. The standard InChI is InChI=1S/C18H23F2NO3/c1-12(10-18(23)24)9-17(22)21-7-5-13(6-8-21)11-14-15(19)3-2-4-16(14)20/h2-4,12-13H,5-11H2,1H3,(H,23,24). The maximum absolute atomic E-state index is 13.7. The molecule has 1 fully saturated rings. The Labute approximate surface area is 140 Å². The van der Waals surface area contributed by atoms with E-state index in [1.807, 2.05) is 0 Å². The Bertz CT molecular complexity index is 578. The minimum atomic E-state index is -0.902. The number of aliphatic carboxylic acids is 1. The third kappa shape index (κ3) is 5.01. The van der Waals surface area contributed by atoms with Gasteiger partial charge in [-0.3, -0.25) is 9.59 Å². The number of rotatable bonds is 6. The van der Waals surface area contributed by atoms with Gasteiger partial charge in [0.2, 0.25) is 5.91 Å². The van der Waals surface area contributed by atoms with Gasteiger partial charge in [0, 0.05) is 31.5 Å². The molecule has 1 aromatic carbocycles. The van der Waals surface area contributed by atoms with Crippen LogP contribution in [0.15, 0.2) is 18.2 Å². The lowest BCUT2D eigenvalue weighted by atomic mass is 9.89. The number of hydrogen-bond acceptors (Lipinski definition) is 2. The van der Waals surface area contributed by atoms with Gasteiger partial charge in [-0.25, -0.2) is 8.78 Å². The molecule has 1 atom stereocenters. The molecule has 6 heteroatoms. The number of halogens is 2. The Kier molecular flexibility index (Phi) is 6.29. The van der Waals surface area contributed by atoms with Gasteiger partial charge in [-0.15, -0.1) is 0 Å². The van der Waals surface area contributed by atoms with Crippen LogP contribution < -0.4 is 0 Å². The topological polar surface area (TPSA) is 57.6 Å². The fourth-order valence-electron chi connectivity index (χ4n) is 3.20. The van der Waals surface area contributed by atoms with Crippen molar-refractivity contribution >= 4 is 11.9 Å². The van der Waals surface area contributed by atoms with Gasteiger partial charge in [-0.1, -0.05) is 13.0 Å². The Hall–Kier alpha value is -1.98. The van der Waals surface area contributed by atoms with Crippen molar-refractivity contribution in [3.8, 4) is 0 Å². The van der Waals surface area contributed by atoms with E-state index >= 15 is 0 Å². The van der Waals surface area contributed by atoms with Crippen LogP contribution in [-0.2, 0) is 16.0 Å². The van der Waals surface area contributed by atoms with E-state index in [1.54, 1.807) is 11.8 Å². The molecule has 0 aromatic heterocycles. The molecule has 1 saturated heterocycles. The van der Waals surface area contributed by atoms with Gasteiger partial charge in [-0.2, -0.15) is 0 Å². The highest BCUT2D eigenvalue weighted by atomic mass is 19.1. The number of carbonyl (C=O) groups excluding carboxylic acids is 1. The van der Waals surface area contributed by atoms with Crippen LogP contribution in [0.2, 0.25) is 0 Å². The van der Waals surface area contributed by atoms with E-state index in [1.165, 1.54) is 18.2 Å². The van der Waals surface area contributed by atoms with Crippen LogP contribution in [0.4, 0.5) is 8.78 Å². The second kappa shape index (κ2) is 8.22. The first-order chi connectivity index (χ1) is 11.4. The first kappa shape index (κ1) is 18.4. The second-order valence-corrected chi connectivity index (χ2v) is 6.64. The first-order valence-corrected chi connectivity index (χ1v) is 8.29. The number of piperidine rings is 1. The molecule has 24 heavy (non-hydrogen) atoms. The molecule has 0 saturated carbocycles. The van der Waals surface area contributed by atoms with Crippen LogP contribution in [0.3, 0.4) is 0 Å². The normalized spacial score (nSPS) is 16.9. The van der Waals surface area contributed by atoms with E-state index in [4.69, 9.17) is 5.11 Å². The SMILES string of the molecule is CC(CC(=O)O)CC(=O)N1CCC(Cc2c(F)cccc2F)CC1. The Morgan fingerprint density at radius 2 is 1.79 bits per heavy atom. The van der Waals surface area contributed by atoms with Gasteiger partial charge in [0.05, 0.1) is 0 Å². The highest BCUT2D eigenvalue weighted by Crippen LogP contribution is 2.25. The average molecular weight is 339 g/mol. The number of carboxylic acid groups (broad SMARTS) is 1. The van der Waals surface area contributed by atoms with E-state index < -0.39 is 17.6 Å². The molecule has 1 heterocycles. The van der Waals surface area contributed by atoms with Gasteiger partial charge in [0.25, 0.3) is 0 Å². The lowest BCUT2D eigenvalue weighted by Gasteiger charge is -2.32. The molecule has 1 aliphatic heterocycles. The van der Waals surface area contributed by atoms with Crippen molar-refractivity contribution in [3.05, 3.63) is 35.4 Å². The van der Waals surface area contributed by atoms with Crippen LogP contribution >= 0.6 is 0 Å². The zero-order valence-electron chi connectivity index (χ0n) is 13.8. The summed E-state index contributed by atoms with van der Waals surface area (Å²) in [5.74, 6) is -2.02. The van der Waals surface area contributed by atoms with Crippen LogP contribution in [0.25, 0.3) is 0 Å². The van der Waals surface area contributed by atoms with Crippen LogP contribution in [0.5, 0.6) is 0 Å². The smallest absolute Gasteiger partial charge is 0.303 e. The van der Waals surface area contributed by atoms with Crippen molar-refractivity contribution in [1.82, 2.24) is 4.90 Å². The monoisotopic (exact) mass is 339 g/mol. The van der Waals surface area contributed by atoms with Crippen LogP contribution in [0, 0.1) is 23.5 Å². The number of amides is 1. The fraction of sp³-hybridized carbons (Fsp3) is 0.556. The minimum absolute atomic E-state index is 0.0191. The molecular weight excluding hydrogens is 316 g/mol. The fourth-order valence-corrected chi connectivity index (χ4v) is 3.20. The summed E-state index contributed by atoms with van der Waals surface area (Å²) in [5, 5.41) is 8.74. The van der Waals surface area contributed by atoms with Gasteiger partial charge in [0.15, 0.2) is 0 Å². The number of benzene rings is 1. The Morgan fingerprint density at radius 3 is 2.33 bits per heavy atom. The minimum Gasteiger partial charge on any atom is -0.481 e. The summed E-state index contributed by atoms with van der Waals surface area (Å²) < 4.78 is 27.4. The van der Waals surface area contributed by atoms with Crippen LogP contribution in [-0.4, -0.2) is 35.0 Å². The molecule has 132 valence electrons. The highest BCUT2D eigenvalue weighted by Gasteiger charge is 2.25. The molecule has 1 amide bonds. The van der Waals surface area contributed by atoms with Gasteiger partial charge in [-0.05, 0) is 43.2 Å². The Balaban J connectivity index is 1.83. The molecule has 1 N–H and O–H groups in total. The van der Waals surface area contributed by atoms with E-state index in [0.29, 0.717) is 32.4 Å². The second-order valence-electron chi connectivity index (χ2n) is 6.64. The quantitative estimate of drug-likeness (QED) is 0.865. The number of hydrogen-bond donors (Lipinski definition) is 1. The predicted molar refractivity (Wildman–Crippen MR) is 85.4 cm³/mol. The maximum Gasteiger partial charge on any atom is 0.303 e. The lowest BCUT2D eigenvalue weighted by Crippen LogP contribution is -2.39. The third-order valence-electron chi connectivity index (χ3n) is 4.57. The Morgan fingerprint density at radius 1 is 1.21 bits per heavy atom. The summed E-state index contributed by atoms with van der Waals surface area (Å²) in [6, 6.07) is 3.88. The number of likely N-dealkylation sites (tertiary alicyclic amines) is 1. The summed E-state index contributed by atoms with van der Waals surface area (Å²) in [6.45, 7) is 2.86. The number of carbonyl (C=O) groups is 2. The third-order valence-corrected chi connectivity index (χ3v) is 4.57. The zero-order valence-corrected chi connectivity index (χ0v) is 13.8. The summed E-state index contributed by atoms with van der Waals surface area (Å²) >= 11 is 0. The molecule has 0 bridgehead atoms. The molecule has 1 aliphatic rings. The first-order valence-electron chi connectivity index (χ1n) is 8.29. The van der Waals surface area contributed by atoms with Crippen molar-refractivity contribution in [2.24, 2.45) is 11.8 Å². The summed E-state index contributed by atoms with van der Waals surface area (Å²) in [6.07, 6.45) is 1.95. The largest absolute Gasteiger partial charge is 0.481 e. The van der Waals surface area contributed by atoms with Gasteiger partial charge < -0.3 is 10.0 Å². The highest BCUT2D eigenvalue weighted by molar-refractivity contribution is 5.77. The van der Waals surface area contributed by atoms with E-state index in [2.05, 4.69) is 0 Å². The van der Waals surface area contributed by atoms with Crippen molar-refractivity contribution in [2.75, 3.05) is 13.1 Å². The van der Waals surface area contributed by atoms with Crippen molar-refractivity contribution < 1.29 is 23.5 Å². The lowest BCUT2D eigenvalue weighted by molar-refractivity contribution is -0.138. The maximum atomic E-state index is 13.7. The van der Waals surface area contributed by atoms with Crippen LogP contribution in [0.1, 0.15) is 38.2 Å². The molecule has 1 unspecified atom stereocenters. The molecule has 0 aliphatic carbocycles. The summed E-state index contributed by atoms with van der Waals surface area (Å²) in [4.78, 5) is 24.6. The van der Waals surface area contributed by atoms with E-state index in [9.17, 15) is 18.4 Å². The van der Waals surface area contributed by atoms with Crippen molar-refractivity contribution in [1.29, 1.82) is 0 Å². The summed E-state index contributed by atoms with van der Waals surface area (Å²) in [5.41, 5.74) is 0.123. The number of nitrogens with zero attached hydrogens (tertiary/aromatic N) is 1. The van der Waals surface area contributed by atoms with Crippen molar-refractivity contribution in [3.63, 3.8) is 0 Å². The molecule has 2 rings (SSSR count). The molecule has 4 nitrogen and oxygen atoms in total. The van der Waals surface area contributed by atoms with Gasteiger partial charge in [0.1, 0.15) is 11.6 Å². The van der Waals surface area contributed by atoms with E-state index in [-0.39, 0.29) is 36.1 Å².